The van der Waals surface area contributed by atoms with E-state index in [1.54, 1.807) is 0 Å². The Morgan fingerprint density at radius 2 is 1.82 bits per heavy atom. The van der Waals surface area contributed by atoms with Gasteiger partial charge in [0.05, 0.1) is 0 Å². The van der Waals surface area contributed by atoms with Crippen LogP contribution in [0.25, 0.3) is 0 Å². The lowest BCUT2D eigenvalue weighted by molar-refractivity contribution is -0.138. The number of likely N-dealkylation sites (tertiary alicyclic amines) is 2. The lowest BCUT2D eigenvalue weighted by Gasteiger charge is -2.24. The standard InChI is InChI=1S/C12H20N2O3/c1-9-2-4-13(7-9)12(17)14-5-3-10(8-14)6-11(15)16/h9-10H,2-8H2,1H3,(H,15,16). The Bertz CT molecular complexity index is 319. The fourth-order valence-electron chi connectivity index (χ4n) is 2.73. The Morgan fingerprint density at radius 3 is 2.41 bits per heavy atom. The summed E-state index contributed by atoms with van der Waals surface area (Å²) in [4.78, 5) is 26.5. The van der Waals surface area contributed by atoms with Crippen molar-refractivity contribution in [2.24, 2.45) is 11.8 Å². The second kappa shape index (κ2) is 4.94. The van der Waals surface area contributed by atoms with Crippen molar-refractivity contribution in [2.45, 2.75) is 26.2 Å². The Morgan fingerprint density at radius 1 is 1.18 bits per heavy atom. The third-order valence-electron chi connectivity index (χ3n) is 3.71. The average Bonchev–Trinajstić information content (AvgIpc) is 2.85. The summed E-state index contributed by atoms with van der Waals surface area (Å²) in [5.74, 6) is -0.0352. The van der Waals surface area contributed by atoms with E-state index in [1.807, 2.05) is 9.80 Å². The Hall–Kier alpha value is -1.26. The van der Waals surface area contributed by atoms with Crippen molar-refractivity contribution in [1.29, 1.82) is 0 Å². The summed E-state index contributed by atoms with van der Waals surface area (Å²) >= 11 is 0. The average molecular weight is 240 g/mol. The van der Waals surface area contributed by atoms with Crippen molar-refractivity contribution in [3.63, 3.8) is 0 Å². The van der Waals surface area contributed by atoms with Gasteiger partial charge >= 0.3 is 12.0 Å². The van der Waals surface area contributed by atoms with Crippen LogP contribution < -0.4 is 0 Å². The van der Waals surface area contributed by atoms with Crippen LogP contribution in [0.5, 0.6) is 0 Å². The highest BCUT2D eigenvalue weighted by atomic mass is 16.4. The van der Waals surface area contributed by atoms with Crippen molar-refractivity contribution in [3.05, 3.63) is 0 Å². The highest BCUT2D eigenvalue weighted by Gasteiger charge is 2.32. The van der Waals surface area contributed by atoms with Crippen molar-refractivity contribution in [3.8, 4) is 0 Å². The molecule has 2 rings (SSSR count). The number of hydrogen-bond acceptors (Lipinski definition) is 2. The number of hydrogen-bond donors (Lipinski definition) is 1. The molecule has 5 nitrogen and oxygen atoms in total. The second-order valence-corrected chi connectivity index (χ2v) is 5.32. The molecule has 96 valence electrons. The van der Waals surface area contributed by atoms with E-state index in [2.05, 4.69) is 6.92 Å². The van der Waals surface area contributed by atoms with Crippen molar-refractivity contribution < 1.29 is 14.7 Å². The molecule has 2 amide bonds. The predicted octanol–water partition coefficient (Wildman–Crippen LogP) is 1.24. The van der Waals surface area contributed by atoms with E-state index in [0.29, 0.717) is 19.0 Å². The minimum atomic E-state index is -0.765. The molecule has 0 aliphatic carbocycles. The van der Waals surface area contributed by atoms with Crippen LogP contribution in [0.2, 0.25) is 0 Å². The minimum Gasteiger partial charge on any atom is -0.481 e. The molecule has 2 heterocycles. The van der Waals surface area contributed by atoms with Gasteiger partial charge in [-0.3, -0.25) is 4.79 Å². The molecule has 5 heteroatoms. The van der Waals surface area contributed by atoms with E-state index in [1.165, 1.54) is 0 Å². The Balaban J connectivity index is 1.83. The van der Waals surface area contributed by atoms with Gasteiger partial charge in [0, 0.05) is 32.6 Å². The van der Waals surface area contributed by atoms with Crippen molar-refractivity contribution >= 4 is 12.0 Å². The van der Waals surface area contributed by atoms with Gasteiger partial charge in [-0.15, -0.1) is 0 Å². The van der Waals surface area contributed by atoms with E-state index >= 15 is 0 Å². The first-order valence-electron chi connectivity index (χ1n) is 6.32. The van der Waals surface area contributed by atoms with E-state index in [-0.39, 0.29) is 18.4 Å². The van der Waals surface area contributed by atoms with Gasteiger partial charge in [0.2, 0.25) is 0 Å². The molecule has 0 saturated carbocycles. The normalized spacial score (nSPS) is 28.8. The lowest BCUT2D eigenvalue weighted by atomic mass is 10.1. The van der Waals surface area contributed by atoms with Crippen LogP contribution in [0.3, 0.4) is 0 Å². The first kappa shape index (κ1) is 12.2. The molecular weight excluding hydrogens is 220 g/mol. The number of carbonyl (C=O) groups is 2. The van der Waals surface area contributed by atoms with E-state index < -0.39 is 5.97 Å². The first-order chi connectivity index (χ1) is 8.06. The summed E-state index contributed by atoms with van der Waals surface area (Å²) in [6.07, 6.45) is 2.08. The van der Waals surface area contributed by atoms with E-state index in [9.17, 15) is 9.59 Å². The molecule has 0 spiro atoms. The summed E-state index contributed by atoms with van der Waals surface area (Å²) < 4.78 is 0. The lowest BCUT2D eigenvalue weighted by Crippen LogP contribution is -2.40. The van der Waals surface area contributed by atoms with Gasteiger partial charge in [-0.2, -0.15) is 0 Å². The Kier molecular flexibility index (Phi) is 3.54. The van der Waals surface area contributed by atoms with Crippen LogP contribution in [-0.4, -0.2) is 53.1 Å². The van der Waals surface area contributed by atoms with Gasteiger partial charge in [-0.1, -0.05) is 6.92 Å². The number of carbonyl (C=O) groups excluding carboxylic acids is 1. The molecule has 2 atom stereocenters. The minimum absolute atomic E-state index is 0.0993. The molecule has 2 fully saturated rings. The van der Waals surface area contributed by atoms with Gasteiger partial charge in [-0.05, 0) is 24.7 Å². The van der Waals surface area contributed by atoms with Crippen LogP contribution >= 0.6 is 0 Å². The Labute approximate surface area is 101 Å². The molecule has 0 aromatic carbocycles. The zero-order valence-corrected chi connectivity index (χ0v) is 10.3. The van der Waals surface area contributed by atoms with Gasteiger partial charge in [0.1, 0.15) is 0 Å². The topological polar surface area (TPSA) is 60.9 Å². The van der Waals surface area contributed by atoms with Crippen LogP contribution in [0.1, 0.15) is 26.2 Å². The number of carboxylic acids is 1. The fraction of sp³-hybridized carbons (Fsp3) is 0.833. The summed E-state index contributed by atoms with van der Waals surface area (Å²) in [5.41, 5.74) is 0. The first-order valence-corrected chi connectivity index (χ1v) is 6.32. The smallest absolute Gasteiger partial charge is 0.320 e. The number of aliphatic carboxylic acids is 1. The molecule has 1 N–H and O–H groups in total. The summed E-state index contributed by atoms with van der Waals surface area (Å²) in [5, 5.41) is 8.73. The van der Waals surface area contributed by atoms with Crippen molar-refractivity contribution in [2.75, 3.05) is 26.2 Å². The highest BCUT2D eigenvalue weighted by Crippen LogP contribution is 2.23. The maximum atomic E-state index is 12.1. The quantitative estimate of drug-likeness (QED) is 0.790. The molecule has 0 aromatic rings. The second-order valence-electron chi connectivity index (χ2n) is 5.32. The molecule has 2 aliphatic rings. The van der Waals surface area contributed by atoms with Gasteiger partial charge in [0.25, 0.3) is 0 Å². The molecule has 2 unspecified atom stereocenters. The maximum absolute atomic E-state index is 12.1. The molecule has 0 bridgehead atoms. The number of rotatable bonds is 2. The number of urea groups is 1. The van der Waals surface area contributed by atoms with Crippen LogP contribution in [0.15, 0.2) is 0 Å². The molecule has 2 aliphatic heterocycles. The third-order valence-corrected chi connectivity index (χ3v) is 3.71. The van der Waals surface area contributed by atoms with E-state index in [4.69, 9.17) is 5.11 Å². The zero-order chi connectivity index (χ0) is 12.4. The fourth-order valence-corrected chi connectivity index (χ4v) is 2.73. The SMILES string of the molecule is CC1CCN(C(=O)N2CCC(CC(=O)O)C2)C1. The monoisotopic (exact) mass is 240 g/mol. The van der Waals surface area contributed by atoms with Gasteiger partial charge in [0.15, 0.2) is 0 Å². The summed E-state index contributed by atoms with van der Waals surface area (Å²) in [7, 11) is 0. The number of nitrogens with zero attached hydrogens (tertiary/aromatic N) is 2. The van der Waals surface area contributed by atoms with Gasteiger partial charge < -0.3 is 14.9 Å². The predicted molar refractivity (Wildman–Crippen MR) is 62.7 cm³/mol. The zero-order valence-electron chi connectivity index (χ0n) is 10.3. The number of carboxylic acid groups (broad SMARTS) is 1. The van der Waals surface area contributed by atoms with Gasteiger partial charge in [-0.25, -0.2) is 4.79 Å². The number of amides is 2. The molecule has 2 saturated heterocycles. The highest BCUT2D eigenvalue weighted by molar-refractivity contribution is 5.75. The molecule has 0 aromatic heterocycles. The van der Waals surface area contributed by atoms with Crippen LogP contribution in [-0.2, 0) is 4.79 Å². The largest absolute Gasteiger partial charge is 0.481 e. The third kappa shape index (κ3) is 2.90. The molecule has 0 radical (unpaired) electrons. The summed E-state index contributed by atoms with van der Waals surface area (Å²) in [6.45, 7) is 5.17. The van der Waals surface area contributed by atoms with Crippen molar-refractivity contribution in [1.82, 2.24) is 9.80 Å². The van der Waals surface area contributed by atoms with Crippen LogP contribution in [0, 0.1) is 11.8 Å². The molecular formula is C12H20N2O3. The molecule has 17 heavy (non-hydrogen) atoms. The van der Waals surface area contributed by atoms with E-state index in [0.717, 1.165) is 25.9 Å². The summed E-state index contributed by atoms with van der Waals surface area (Å²) in [6, 6.07) is 0.0993. The van der Waals surface area contributed by atoms with Crippen LogP contribution in [0.4, 0.5) is 4.79 Å². The maximum Gasteiger partial charge on any atom is 0.320 e.